The molecule has 0 atom stereocenters. The number of benzene rings is 1. The summed E-state index contributed by atoms with van der Waals surface area (Å²) >= 11 is -0.250. The zero-order chi connectivity index (χ0) is 11.4. The molecular weight excluding hydrogens is 196 g/mol. The predicted molar refractivity (Wildman–Crippen MR) is 64.8 cm³/mol. The molecule has 0 aliphatic carbocycles. The molecule has 14 heavy (non-hydrogen) atoms. The fourth-order valence-electron chi connectivity index (χ4n) is 0.824. The van der Waals surface area contributed by atoms with Gasteiger partial charge in [-0.1, -0.05) is 50.6 Å². The smallest absolute Gasteiger partial charge is 0.152 e. The second-order valence-electron chi connectivity index (χ2n) is 2.42. The van der Waals surface area contributed by atoms with Gasteiger partial charge in [-0.2, -0.15) is 0 Å². The molecule has 3 heteroatoms. The molecule has 0 aliphatic rings. The Balaban J connectivity index is 0. The largest absolute Gasteiger partial charge is 0.307 e. The van der Waals surface area contributed by atoms with Crippen molar-refractivity contribution in [2.45, 2.75) is 34.1 Å². The lowest BCUT2D eigenvalue weighted by atomic mass is 10.1. The third kappa shape index (κ3) is 9.58. The molecule has 0 heterocycles. The zero-order valence-corrected chi connectivity index (χ0v) is 10.1. The van der Waals surface area contributed by atoms with Crippen LogP contribution in [0.1, 0.15) is 31.9 Å². The van der Waals surface area contributed by atoms with E-state index in [-0.39, 0.29) is 12.3 Å². The average molecular weight is 216 g/mol. The maximum Gasteiger partial charge on any atom is 0.152 e. The maximum absolute atomic E-state index is 7.04. The molecule has 0 saturated carbocycles. The van der Waals surface area contributed by atoms with E-state index in [0.717, 1.165) is 6.42 Å². The van der Waals surface area contributed by atoms with Crippen molar-refractivity contribution in [3.05, 3.63) is 35.4 Å². The predicted octanol–water partition coefficient (Wildman–Crippen LogP) is 4.25. The van der Waals surface area contributed by atoms with Gasteiger partial charge in [0.2, 0.25) is 0 Å². The second kappa shape index (κ2) is 12.5. The van der Waals surface area contributed by atoms with E-state index in [9.17, 15) is 0 Å². The van der Waals surface area contributed by atoms with Gasteiger partial charge in [0.25, 0.3) is 0 Å². The van der Waals surface area contributed by atoms with Crippen LogP contribution in [0.25, 0.3) is 0 Å². The normalized spacial score (nSPS) is 7.86. The van der Waals surface area contributed by atoms with E-state index in [0.29, 0.717) is 0 Å². The Bertz CT molecular complexity index is 197. The number of rotatable bonds is 1. The highest BCUT2D eigenvalue weighted by Crippen LogP contribution is 2.02. The van der Waals surface area contributed by atoms with Crippen LogP contribution in [0.5, 0.6) is 0 Å². The van der Waals surface area contributed by atoms with Crippen molar-refractivity contribution in [2.75, 3.05) is 0 Å². The quantitative estimate of drug-likeness (QED) is 0.689. The van der Waals surface area contributed by atoms with E-state index in [1.54, 1.807) is 0 Å². The second-order valence-corrected chi connectivity index (χ2v) is 2.58. The highest BCUT2D eigenvalue weighted by molar-refractivity contribution is 7.87. The van der Waals surface area contributed by atoms with E-state index < -0.39 is 0 Å². The lowest BCUT2D eigenvalue weighted by molar-refractivity contribution is 0.541. The molecule has 0 bridgehead atoms. The average Bonchev–Trinajstić information content (AvgIpc) is 2.23. The fraction of sp³-hybridized carbons (Fsp3) is 0.455. The molecule has 1 aromatic rings. The number of hydrogen-bond donors (Lipinski definition) is 2. The van der Waals surface area contributed by atoms with Gasteiger partial charge in [-0.05, 0) is 18.9 Å². The number of aryl methyl sites for hydroxylation is 2. The van der Waals surface area contributed by atoms with Gasteiger partial charge in [0, 0.05) is 0 Å². The lowest BCUT2D eigenvalue weighted by Gasteiger charge is -1.94. The van der Waals surface area contributed by atoms with E-state index in [2.05, 4.69) is 38.1 Å². The molecular formula is C11H20O2S. The zero-order valence-electron chi connectivity index (χ0n) is 9.32. The Morgan fingerprint density at radius 2 is 1.43 bits per heavy atom. The molecule has 0 aromatic heterocycles. The molecule has 0 aliphatic heterocycles. The van der Waals surface area contributed by atoms with Gasteiger partial charge in [-0.3, -0.25) is 0 Å². The van der Waals surface area contributed by atoms with Gasteiger partial charge < -0.3 is 9.11 Å². The molecule has 82 valence electrons. The van der Waals surface area contributed by atoms with E-state index in [1.807, 2.05) is 13.8 Å². The minimum Gasteiger partial charge on any atom is -0.307 e. The van der Waals surface area contributed by atoms with Crippen LogP contribution in [-0.2, 0) is 6.42 Å². The maximum atomic E-state index is 7.04. The molecule has 0 amide bonds. The molecule has 0 unspecified atom stereocenters. The summed E-state index contributed by atoms with van der Waals surface area (Å²) in [5.74, 6) is 0. The Kier molecular flexibility index (Phi) is 14.2. The van der Waals surface area contributed by atoms with Crippen molar-refractivity contribution >= 4 is 12.3 Å². The first-order valence-electron chi connectivity index (χ1n) is 4.75. The molecule has 1 aromatic carbocycles. The van der Waals surface area contributed by atoms with Crippen LogP contribution in [0.15, 0.2) is 24.3 Å². The fourth-order valence-corrected chi connectivity index (χ4v) is 0.824. The first-order chi connectivity index (χ1) is 6.74. The van der Waals surface area contributed by atoms with E-state index in [4.69, 9.17) is 9.11 Å². The van der Waals surface area contributed by atoms with Crippen LogP contribution in [0, 0.1) is 6.92 Å². The van der Waals surface area contributed by atoms with Gasteiger partial charge in [0.1, 0.15) is 0 Å². The Morgan fingerprint density at radius 3 is 1.71 bits per heavy atom. The highest BCUT2D eigenvalue weighted by atomic mass is 32.2. The first kappa shape index (κ1) is 15.9. The molecule has 2 nitrogen and oxygen atoms in total. The first-order valence-corrected chi connectivity index (χ1v) is 5.48. The van der Waals surface area contributed by atoms with Crippen molar-refractivity contribution in [1.29, 1.82) is 0 Å². The van der Waals surface area contributed by atoms with E-state index >= 15 is 0 Å². The van der Waals surface area contributed by atoms with Gasteiger partial charge >= 0.3 is 0 Å². The Morgan fingerprint density at radius 1 is 1.07 bits per heavy atom. The van der Waals surface area contributed by atoms with Crippen LogP contribution in [0.4, 0.5) is 0 Å². The summed E-state index contributed by atoms with van der Waals surface area (Å²) in [7, 11) is 0. The molecule has 0 fully saturated rings. The topological polar surface area (TPSA) is 40.5 Å². The molecule has 0 radical (unpaired) electrons. The summed E-state index contributed by atoms with van der Waals surface area (Å²) in [5, 5.41) is 0. The summed E-state index contributed by atoms with van der Waals surface area (Å²) in [6.07, 6.45) is 1.14. The minimum atomic E-state index is -0.250. The van der Waals surface area contributed by atoms with Crippen LogP contribution >= 0.6 is 12.3 Å². The Hall–Kier alpha value is -0.510. The van der Waals surface area contributed by atoms with Gasteiger partial charge in [-0.25, -0.2) is 0 Å². The van der Waals surface area contributed by atoms with Crippen LogP contribution in [0.3, 0.4) is 0 Å². The summed E-state index contributed by atoms with van der Waals surface area (Å²) in [4.78, 5) is 0. The van der Waals surface area contributed by atoms with Crippen LogP contribution in [0.2, 0.25) is 0 Å². The summed E-state index contributed by atoms with van der Waals surface area (Å²) in [5.41, 5.74) is 2.76. The van der Waals surface area contributed by atoms with E-state index in [1.165, 1.54) is 11.1 Å². The molecule has 1 rings (SSSR count). The monoisotopic (exact) mass is 216 g/mol. The van der Waals surface area contributed by atoms with Crippen molar-refractivity contribution in [2.24, 2.45) is 0 Å². The van der Waals surface area contributed by atoms with Gasteiger partial charge in [0.15, 0.2) is 12.3 Å². The van der Waals surface area contributed by atoms with Gasteiger partial charge in [0.05, 0.1) is 0 Å². The van der Waals surface area contributed by atoms with Crippen LogP contribution < -0.4 is 0 Å². The third-order valence-corrected chi connectivity index (χ3v) is 1.53. The summed E-state index contributed by atoms with van der Waals surface area (Å²) in [6.45, 7) is 8.28. The van der Waals surface area contributed by atoms with Crippen molar-refractivity contribution in [3.8, 4) is 0 Å². The minimum absolute atomic E-state index is 0.250. The molecule has 2 N–H and O–H groups in total. The van der Waals surface area contributed by atoms with Crippen molar-refractivity contribution in [1.82, 2.24) is 0 Å². The number of hydrogen-bond acceptors (Lipinski definition) is 3. The Labute approximate surface area is 91.4 Å². The van der Waals surface area contributed by atoms with Crippen molar-refractivity contribution < 1.29 is 9.11 Å². The standard InChI is InChI=1S/C9H12.C2H6.H2O2S/c1-3-9-6-4-8(2)5-7-9;1-2;1-3-2/h4-7H,3H2,1-2H3;1-2H3;1-2H. The third-order valence-electron chi connectivity index (χ3n) is 1.53. The highest BCUT2D eigenvalue weighted by Gasteiger charge is 1.84. The van der Waals surface area contributed by atoms with Gasteiger partial charge in [-0.15, -0.1) is 0 Å². The molecule has 0 spiro atoms. The van der Waals surface area contributed by atoms with Crippen molar-refractivity contribution in [3.63, 3.8) is 0 Å². The lowest BCUT2D eigenvalue weighted by Crippen LogP contribution is -1.77. The SMILES string of the molecule is CC.CCc1ccc(C)cc1.OSO. The summed E-state index contributed by atoms with van der Waals surface area (Å²) < 4.78 is 14.1. The van der Waals surface area contributed by atoms with Crippen LogP contribution in [-0.4, -0.2) is 9.11 Å². The summed E-state index contributed by atoms with van der Waals surface area (Å²) in [6, 6.07) is 8.66. The molecule has 0 saturated heterocycles.